The SMILES string of the molecule is NNc1cc(N2CCCOCC2)cc([N+](=O)[O-])c1. The zero-order valence-corrected chi connectivity index (χ0v) is 9.96. The maximum absolute atomic E-state index is 10.9. The van der Waals surface area contributed by atoms with Gasteiger partial charge >= 0.3 is 0 Å². The summed E-state index contributed by atoms with van der Waals surface area (Å²) in [5, 5.41) is 10.9. The Kier molecular flexibility index (Phi) is 3.96. The van der Waals surface area contributed by atoms with E-state index < -0.39 is 4.92 Å². The van der Waals surface area contributed by atoms with Crippen molar-refractivity contribution in [3.8, 4) is 0 Å². The molecular formula is C11H16N4O3. The third-order valence-corrected chi connectivity index (χ3v) is 2.87. The molecule has 1 fully saturated rings. The van der Waals surface area contributed by atoms with E-state index in [2.05, 4.69) is 10.3 Å². The van der Waals surface area contributed by atoms with Crippen molar-refractivity contribution in [2.45, 2.75) is 6.42 Å². The summed E-state index contributed by atoms with van der Waals surface area (Å²) in [6, 6.07) is 4.78. The minimum atomic E-state index is -0.418. The van der Waals surface area contributed by atoms with Gasteiger partial charge in [0.05, 0.1) is 17.2 Å². The third kappa shape index (κ3) is 2.88. The van der Waals surface area contributed by atoms with Gasteiger partial charge in [-0.2, -0.15) is 0 Å². The first kappa shape index (κ1) is 12.6. The van der Waals surface area contributed by atoms with Crippen LogP contribution in [0.25, 0.3) is 0 Å². The predicted molar refractivity (Wildman–Crippen MR) is 68.6 cm³/mol. The number of nitrogens with two attached hydrogens (primary N) is 1. The van der Waals surface area contributed by atoms with Crippen molar-refractivity contribution in [1.29, 1.82) is 0 Å². The largest absolute Gasteiger partial charge is 0.380 e. The van der Waals surface area contributed by atoms with Gasteiger partial charge in [0.1, 0.15) is 0 Å². The molecule has 0 bridgehead atoms. The summed E-state index contributed by atoms with van der Waals surface area (Å²) in [7, 11) is 0. The smallest absolute Gasteiger partial charge is 0.273 e. The van der Waals surface area contributed by atoms with Crippen LogP contribution in [0.5, 0.6) is 0 Å². The third-order valence-electron chi connectivity index (χ3n) is 2.87. The number of benzene rings is 1. The molecule has 1 heterocycles. The van der Waals surface area contributed by atoms with Crippen LogP contribution in [0, 0.1) is 10.1 Å². The molecular weight excluding hydrogens is 236 g/mol. The Labute approximate surface area is 105 Å². The van der Waals surface area contributed by atoms with E-state index in [9.17, 15) is 10.1 Å². The van der Waals surface area contributed by atoms with Crippen LogP contribution in [-0.4, -0.2) is 31.2 Å². The molecule has 0 radical (unpaired) electrons. The highest BCUT2D eigenvalue weighted by atomic mass is 16.6. The zero-order chi connectivity index (χ0) is 13.0. The van der Waals surface area contributed by atoms with Crippen LogP contribution < -0.4 is 16.2 Å². The van der Waals surface area contributed by atoms with Crippen molar-refractivity contribution in [2.75, 3.05) is 36.6 Å². The molecule has 7 nitrogen and oxygen atoms in total. The average molecular weight is 252 g/mol. The van der Waals surface area contributed by atoms with Gasteiger partial charge in [-0.3, -0.25) is 16.0 Å². The van der Waals surface area contributed by atoms with Crippen molar-refractivity contribution in [3.05, 3.63) is 28.3 Å². The molecule has 0 amide bonds. The maximum Gasteiger partial charge on any atom is 0.273 e. The van der Waals surface area contributed by atoms with E-state index in [0.717, 1.165) is 31.8 Å². The van der Waals surface area contributed by atoms with E-state index in [1.54, 1.807) is 12.1 Å². The molecule has 1 saturated heterocycles. The summed E-state index contributed by atoms with van der Waals surface area (Å²) < 4.78 is 5.36. The molecule has 1 aromatic rings. The molecule has 0 aromatic heterocycles. The Morgan fingerprint density at radius 3 is 2.89 bits per heavy atom. The molecule has 0 unspecified atom stereocenters. The predicted octanol–water partition coefficient (Wildman–Crippen LogP) is 1.11. The van der Waals surface area contributed by atoms with Gasteiger partial charge in [0.2, 0.25) is 0 Å². The molecule has 0 spiro atoms. The lowest BCUT2D eigenvalue weighted by atomic mass is 10.2. The van der Waals surface area contributed by atoms with Crippen LogP contribution in [0.4, 0.5) is 17.1 Å². The summed E-state index contributed by atoms with van der Waals surface area (Å²) in [5.41, 5.74) is 3.81. The first-order valence-corrected chi connectivity index (χ1v) is 5.79. The number of rotatable bonds is 3. The van der Waals surface area contributed by atoms with Gasteiger partial charge in [-0.05, 0) is 12.5 Å². The summed E-state index contributed by atoms with van der Waals surface area (Å²) >= 11 is 0. The molecule has 0 saturated carbocycles. The number of nitrogens with zero attached hydrogens (tertiary/aromatic N) is 2. The minimum absolute atomic E-state index is 0.0330. The van der Waals surface area contributed by atoms with Crippen LogP contribution in [0.2, 0.25) is 0 Å². The first-order valence-electron chi connectivity index (χ1n) is 5.79. The number of hydrogen-bond donors (Lipinski definition) is 2. The topological polar surface area (TPSA) is 93.7 Å². The van der Waals surface area contributed by atoms with Crippen LogP contribution in [0.3, 0.4) is 0 Å². The summed E-state index contributed by atoms with van der Waals surface area (Å²) in [4.78, 5) is 12.5. The number of ether oxygens (including phenoxy) is 1. The maximum atomic E-state index is 10.9. The Hall–Kier alpha value is -1.86. The number of nitro groups is 1. The minimum Gasteiger partial charge on any atom is -0.380 e. The monoisotopic (exact) mass is 252 g/mol. The number of nitro benzene ring substituents is 1. The molecule has 7 heteroatoms. The fourth-order valence-electron chi connectivity index (χ4n) is 1.97. The quantitative estimate of drug-likeness (QED) is 0.475. The van der Waals surface area contributed by atoms with Crippen LogP contribution in [0.15, 0.2) is 18.2 Å². The fraction of sp³-hybridized carbons (Fsp3) is 0.455. The van der Waals surface area contributed by atoms with Crippen molar-refractivity contribution < 1.29 is 9.66 Å². The van der Waals surface area contributed by atoms with Crippen LogP contribution >= 0.6 is 0 Å². The normalized spacial score (nSPS) is 16.2. The van der Waals surface area contributed by atoms with Crippen molar-refractivity contribution in [2.24, 2.45) is 5.84 Å². The van der Waals surface area contributed by atoms with Gasteiger partial charge in [0.25, 0.3) is 5.69 Å². The Morgan fingerprint density at radius 2 is 2.17 bits per heavy atom. The zero-order valence-electron chi connectivity index (χ0n) is 9.96. The second-order valence-corrected chi connectivity index (χ2v) is 4.09. The lowest BCUT2D eigenvalue weighted by molar-refractivity contribution is -0.384. The average Bonchev–Trinajstić information content (AvgIpc) is 2.67. The summed E-state index contributed by atoms with van der Waals surface area (Å²) in [6.45, 7) is 2.91. The van der Waals surface area contributed by atoms with Crippen molar-refractivity contribution in [3.63, 3.8) is 0 Å². The van der Waals surface area contributed by atoms with E-state index in [1.807, 2.05) is 0 Å². The second kappa shape index (κ2) is 5.65. The standard InChI is InChI=1S/C11H16N4O3/c12-13-9-6-10(8-11(7-9)15(16)17)14-2-1-4-18-5-3-14/h6-8,13H,1-5,12H2. The molecule has 98 valence electrons. The highest BCUT2D eigenvalue weighted by Gasteiger charge is 2.15. The van der Waals surface area contributed by atoms with E-state index >= 15 is 0 Å². The summed E-state index contributed by atoms with van der Waals surface area (Å²) in [6.07, 6.45) is 0.911. The molecule has 1 aliphatic rings. The molecule has 0 atom stereocenters. The van der Waals surface area contributed by atoms with Crippen LogP contribution in [0.1, 0.15) is 6.42 Å². The van der Waals surface area contributed by atoms with Gasteiger partial charge in [-0.15, -0.1) is 0 Å². The van der Waals surface area contributed by atoms with Crippen LogP contribution in [-0.2, 0) is 4.74 Å². The van der Waals surface area contributed by atoms with Gasteiger partial charge in [0.15, 0.2) is 0 Å². The van der Waals surface area contributed by atoms with Gasteiger partial charge in [-0.1, -0.05) is 0 Å². The molecule has 0 aliphatic carbocycles. The highest BCUT2D eigenvalue weighted by molar-refractivity contribution is 5.64. The number of anilines is 2. The lowest BCUT2D eigenvalue weighted by Crippen LogP contribution is -2.26. The molecule has 1 aromatic carbocycles. The van der Waals surface area contributed by atoms with E-state index in [1.165, 1.54) is 6.07 Å². The Morgan fingerprint density at radius 1 is 1.33 bits per heavy atom. The number of hydrazine groups is 1. The Bertz CT molecular complexity index is 430. The number of hydrogen-bond acceptors (Lipinski definition) is 6. The number of nitrogens with one attached hydrogen (secondary N) is 1. The lowest BCUT2D eigenvalue weighted by Gasteiger charge is -2.22. The van der Waals surface area contributed by atoms with Crippen molar-refractivity contribution in [1.82, 2.24) is 0 Å². The van der Waals surface area contributed by atoms with Crippen molar-refractivity contribution >= 4 is 17.1 Å². The number of non-ortho nitro benzene ring substituents is 1. The highest BCUT2D eigenvalue weighted by Crippen LogP contribution is 2.27. The van der Waals surface area contributed by atoms with Gasteiger partial charge in [0, 0.05) is 37.5 Å². The first-order chi connectivity index (χ1) is 8.70. The van der Waals surface area contributed by atoms with Gasteiger partial charge < -0.3 is 15.1 Å². The van der Waals surface area contributed by atoms with Gasteiger partial charge in [-0.25, -0.2) is 0 Å². The molecule has 3 N–H and O–H groups in total. The summed E-state index contributed by atoms with van der Waals surface area (Å²) in [5.74, 6) is 5.33. The molecule has 2 rings (SSSR count). The van der Waals surface area contributed by atoms with E-state index in [4.69, 9.17) is 10.6 Å². The van der Waals surface area contributed by atoms with E-state index in [-0.39, 0.29) is 5.69 Å². The molecule has 1 aliphatic heterocycles. The Balaban J connectivity index is 2.29. The van der Waals surface area contributed by atoms with E-state index in [0.29, 0.717) is 12.3 Å². The number of nitrogen functional groups attached to an aromatic ring is 1. The molecule has 18 heavy (non-hydrogen) atoms. The fourth-order valence-corrected chi connectivity index (χ4v) is 1.97. The second-order valence-electron chi connectivity index (χ2n) is 4.09.